The maximum absolute atomic E-state index is 11.9. The highest BCUT2D eigenvalue weighted by atomic mass is 35.5. The zero-order chi connectivity index (χ0) is 11.2. The van der Waals surface area contributed by atoms with E-state index in [0.717, 1.165) is 11.0 Å². The normalized spacial score (nSPS) is 11.5. The van der Waals surface area contributed by atoms with Crippen LogP contribution in [0, 0.1) is 0 Å². The molecule has 0 N–H and O–H groups in total. The number of aromatic nitrogens is 2. The molecule has 1 heterocycles. The molecule has 0 aliphatic carbocycles. The fourth-order valence-electron chi connectivity index (χ4n) is 1.84. The number of aryl methyl sites for hydroxylation is 1. The summed E-state index contributed by atoms with van der Waals surface area (Å²) in [4.78, 5) is 11.9. The first kappa shape index (κ1) is 10.3. The van der Waals surface area contributed by atoms with E-state index >= 15 is 0 Å². The molecule has 0 saturated heterocycles. The molecule has 0 aliphatic heterocycles. The quantitative estimate of drug-likeness (QED) is 0.732. The summed E-state index contributed by atoms with van der Waals surface area (Å²) < 4.78 is 3.40. The van der Waals surface area contributed by atoms with Gasteiger partial charge in [0, 0.05) is 18.1 Å². The van der Waals surface area contributed by atoms with Crippen molar-refractivity contribution < 1.29 is 0 Å². The molecule has 3 nitrogen and oxygen atoms in total. The molecule has 0 amide bonds. The molecule has 2 aromatic rings. The van der Waals surface area contributed by atoms with Crippen LogP contribution in [0.25, 0.3) is 11.0 Å². The van der Waals surface area contributed by atoms with Gasteiger partial charge in [0.2, 0.25) is 0 Å². The van der Waals surface area contributed by atoms with Crippen LogP contribution < -0.4 is 5.69 Å². The molecule has 0 aliphatic rings. The molecule has 15 heavy (non-hydrogen) atoms. The van der Waals surface area contributed by atoms with E-state index in [4.69, 9.17) is 11.6 Å². The van der Waals surface area contributed by atoms with Gasteiger partial charge in [0.15, 0.2) is 0 Å². The molecule has 2 rings (SSSR count). The summed E-state index contributed by atoms with van der Waals surface area (Å²) in [6, 6.07) is 5.67. The number of rotatable bonds is 1. The van der Waals surface area contributed by atoms with Crippen molar-refractivity contribution in [2.75, 3.05) is 0 Å². The van der Waals surface area contributed by atoms with E-state index in [-0.39, 0.29) is 11.7 Å². The molecule has 0 spiro atoms. The smallest absolute Gasteiger partial charge is 0.295 e. The van der Waals surface area contributed by atoms with Crippen LogP contribution in [0.4, 0.5) is 0 Å². The second kappa shape index (κ2) is 3.42. The molecule has 4 heteroatoms. The molecular weight excluding hydrogens is 212 g/mol. The third kappa shape index (κ3) is 1.47. The van der Waals surface area contributed by atoms with E-state index < -0.39 is 0 Å². The molecule has 0 fully saturated rings. The van der Waals surface area contributed by atoms with Crippen molar-refractivity contribution in [2.45, 2.75) is 19.9 Å². The Labute approximate surface area is 92.9 Å². The Balaban J connectivity index is 2.94. The van der Waals surface area contributed by atoms with Crippen LogP contribution in [0.3, 0.4) is 0 Å². The summed E-state index contributed by atoms with van der Waals surface area (Å²) in [6.45, 7) is 3.99. The molecule has 80 valence electrons. The van der Waals surface area contributed by atoms with Crippen molar-refractivity contribution in [3.05, 3.63) is 33.7 Å². The van der Waals surface area contributed by atoms with Crippen LogP contribution in [-0.2, 0) is 7.05 Å². The summed E-state index contributed by atoms with van der Waals surface area (Å²) >= 11 is 5.91. The molecule has 1 aromatic heterocycles. The van der Waals surface area contributed by atoms with Crippen molar-refractivity contribution in [1.29, 1.82) is 0 Å². The third-order valence-corrected chi connectivity index (χ3v) is 2.80. The average Bonchev–Trinajstić information content (AvgIpc) is 2.41. The fourth-order valence-corrected chi connectivity index (χ4v) is 2.00. The Morgan fingerprint density at radius 3 is 2.53 bits per heavy atom. The number of fused-ring (bicyclic) bond motifs is 1. The fraction of sp³-hybridized carbons (Fsp3) is 0.364. The van der Waals surface area contributed by atoms with Gasteiger partial charge in [-0.05, 0) is 32.0 Å². The van der Waals surface area contributed by atoms with Gasteiger partial charge in [0.05, 0.1) is 11.0 Å². The Morgan fingerprint density at radius 1 is 1.27 bits per heavy atom. The van der Waals surface area contributed by atoms with Crippen molar-refractivity contribution >= 4 is 22.6 Å². The van der Waals surface area contributed by atoms with Gasteiger partial charge in [-0.3, -0.25) is 9.13 Å². The number of halogens is 1. The SMILES string of the molecule is CC(C)n1c(=O)n(C)c2cc(Cl)ccc21. The van der Waals surface area contributed by atoms with E-state index in [2.05, 4.69) is 0 Å². The van der Waals surface area contributed by atoms with Crippen molar-refractivity contribution in [3.8, 4) is 0 Å². The predicted octanol–water partition coefficient (Wildman–Crippen LogP) is 2.57. The van der Waals surface area contributed by atoms with Crippen LogP contribution in [0.2, 0.25) is 5.02 Å². The zero-order valence-corrected chi connectivity index (χ0v) is 9.75. The zero-order valence-electron chi connectivity index (χ0n) is 8.99. The van der Waals surface area contributed by atoms with Gasteiger partial charge in [-0.25, -0.2) is 4.79 Å². The number of benzene rings is 1. The predicted molar refractivity (Wildman–Crippen MR) is 62.6 cm³/mol. The Hall–Kier alpha value is -1.22. The summed E-state index contributed by atoms with van der Waals surface area (Å²) in [5.41, 5.74) is 1.81. The molecule has 0 saturated carbocycles. The first-order valence-corrected chi connectivity index (χ1v) is 5.26. The molecule has 0 bridgehead atoms. The third-order valence-electron chi connectivity index (χ3n) is 2.57. The van der Waals surface area contributed by atoms with Crippen molar-refractivity contribution in [3.63, 3.8) is 0 Å². The summed E-state index contributed by atoms with van der Waals surface area (Å²) in [7, 11) is 1.76. The van der Waals surface area contributed by atoms with Gasteiger partial charge in [-0.15, -0.1) is 0 Å². The summed E-state index contributed by atoms with van der Waals surface area (Å²) in [5, 5.41) is 0.652. The standard InChI is InChI=1S/C11H13ClN2O/c1-7(2)14-9-5-4-8(12)6-10(9)13(3)11(14)15/h4-7H,1-3H3. The molecule has 1 aromatic carbocycles. The lowest BCUT2D eigenvalue weighted by atomic mass is 10.3. The molecule has 0 radical (unpaired) electrons. The van der Waals surface area contributed by atoms with Crippen LogP contribution in [0.1, 0.15) is 19.9 Å². The minimum atomic E-state index is 0.00210. The topological polar surface area (TPSA) is 26.9 Å². The van der Waals surface area contributed by atoms with Gasteiger partial charge in [0.1, 0.15) is 0 Å². The molecule has 0 unspecified atom stereocenters. The number of nitrogens with zero attached hydrogens (tertiary/aromatic N) is 2. The maximum atomic E-state index is 11.9. The van der Waals surface area contributed by atoms with Gasteiger partial charge in [-0.2, -0.15) is 0 Å². The van der Waals surface area contributed by atoms with Crippen molar-refractivity contribution in [2.24, 2.45) is 7.05 Å². The second-order valence-corrected chi connectivity index (χ2v) is 4.37. The minimum absolute atomic E-state index is 0.00210. The first-order chi connectivity index (χ1) is 7.02. The second-order valence-electron chi connectivity index (χ2n) is 3.94. The van der Waals surface area contributed by atoms with Crippen LogP contribution >= 0.6 is 11.6 Å². The highest BCUT2D eigenvalue weighted by molar-refractivity contribution is 6.31. The monoisotopic (exact) mass is 224 g/mol. The lowest BCUT2D eigenvalue weighted by molar-refractivity contribution is 0.583. The van der Waals surface area contributed by atoms with Crippen molar-refractivity contribution in [1.82, 2.24) is 9.13 Å². The molecule has 0 atom stereocenters. The summed E-state index contributed by atoms with van der Waals surface area (Å²) in [6.07, 6.45) is 0. The minimum Gasteiger partial charge on any atom is -0.295 e. The van der Waals surface area contributed by atoms with Gasteiger partial charge in [-0.1, -0.05) is 11.6 Å². The first-order valence-electron chi connectivity index (χ1n) is 4.89. The Bertz CT molecular complexity index is 566. The van der Waals surface area contributed by atoms with Gasteiger partial charge >= 0.3 is 5.69 Å². The lowest BCUT2D eigenvalue weighted by Gasteiger charge is -2.06. The van der Waals surface area contributed by atoms with Gasteiger partial charge < -0.3 is 0 Å². The van der Waals surface area contributed by atoms with Gasteiger partial charge in [0.25, 0.3) is 0 Å². The summed E-state index contributed by atoms with van der Waals surface area (Å²) in [5.74, 6) is 0. The highest BCUT2D eigenvalue weighted by Crippen LogP contribution is 2.20. The van der Waals surface area contributed by atoms with E-state index in [1.807, 2.05) is 32.0 Å². The van der Waals surface area contributed by atoms with E-state index in [9.17, 15) is 4.79 Å². The van der Waals surface area contributed by atoms with E-state index in [1.54, 1.807) is 16.2 Å². The average molecular weight is 225 g/mol. The van der Waals surface area contributed by atoms with Crippen LogP contribution in [-0.4, -0.2) is 9.13 Å². The maximum Gasteiger partial charge on any atom is 0.329 e. The number of hydrogen-bond donors (Lipinski definition) is 0. The van der Waals surface area contributed by atoms with Crippen LogP contribution in [0.15, 0.2) is 23.0 Å². The Kier molecular flexibility index (Phi) is 2.35. The number of hydrogen-bond acceptors (Lipinski definition) is 1. The number of imidazole rings is 1. The lowest BCUT2D eigenvalue weighted by Crippen LogP contribution is -2.23. The van der Waals surface area contributed by atoms with E-state index in [0.29, 0.717) is 5.02 Å². The Morgan fingerprint density at radius 2 is 1.93 bits per heavy atom. The van der Waals surface area contributed by atoms with E-state index in [1.165, 1.54) is 0 Å². The highest BCUT2D eigenvalue weighted by Gasteiger charge is 2.12. The molecular formula is C11H13ClN2O. The largest absolute Gasteiger partial charge is 0.329 e. The van der Waals surface area contributed by atoms with Crippen LogP contribution in [0.5, 0.6) is 0 Å².